The lowest BCUT2D eigenvalue weighted by Crippen LogP contribution is -2.35. The maximum Gasteiger partial charge on any atom is 0.118 e. The molecule has 1 heterocycles. The lowest BCUT2D eigenvalue weighted by molar-refractivity contribution is 0.217. The Kier molecular flexibility index (Phi) is 3.89. The predicted octanol–water partition coefficient (Wildman–Crippen LogP) is 2.45. The summed E-state index contributed by atoms with van der Waals surface area (Å²) in [6.07, 6.45) is 2.62. The number of anilines is 1. The standard InChI is InChI=1S/C14H22N2O/c1-11-8-13(5-6-14(11)17)15-9-12-4-3-7-16(2)10-12/h5-6,8,12,15,17H,3-4,7,9-10H2,1-2H3. The zero-order valence-electron chi connectivity index (χ0n) is 10.7. The second-order valence-corrected chi connectivity index (χ2v) is 5.15. The second-order valence-electron chi connectivity index (χ2n) is 5.15. The number of likely N-dealkylation sites (tertiary alicyclic amines) is 1. The van der Waals surface area contributed by atoms with Crippen molar-refractivity contribution in [2.75, 3.05) is 32.0 Å². The van der Waals surface area contributed by atoms with Gasteiger partial charge in [0.1, 0.15) is 5.75 Å². The number of phenolic OH excluding ortho intramolecular Hbond substituents is 1. The molecule has 1 aliphatic rings. The van der Waals surface area contributed by atoms with Gasteiger partial charge in [0.25, 0.3) is 0 Å². The molecule has 0 amide bonds. The van der Waals surface area contributed by atoms with Crippen LogP contribution in [0, 0.1) is 12.8 Å². The average Bonchev–Trinajstić information content (AvgIpc) is 2.31. The van der Waals surface area contributed by atoms with Gasteiger partial charge in [-0.25, -0.2) is 0 Å². The van der Waals surface area contributed by atoms with Crippen LogP contribution in [-0.2, 0) is 0 Å². The van der Waals surface area contributed by atoms with E-state index < -0.39 is 0 Å². The van der Waals surface area contributed by atoms with Crippen LogP contribution in [0.3, 0.4) is 0 Å². The van der Waals surface area contributed by atoms with E-state index in [1.54, 1.807) is 6.07 Å². The summed E-state index contributed by atoms with van der Waals surface area (Å²) in [6.45, 7) is 5.36. The van der Waals surface area contributed by atoms with Crippen molar-refractivity contribution < 1.29 is 5.11 Å². The van der Waals surface area contributed by atoms with Crippen molar-refractivity contribution in [1.29, 1.82) is 0 Å². The number of aryl methyl sites for hydroxylation is 1. The van der Waals surface area contributed by atoms with Gasteiger partial charge < -0.3 is 15.3 Å². The van der Waals surface area contributed by atoms with Crippen LogP contribution in [0.1, 0.15) is 18.4 Å². The van der Waals surface area contributed by atoms with Gasteiger partial charge in [-0.3, -0.25) is 0 Å². The molecule has 1 aliphatic heterocycles. The van der Waals surface area contributed by atoms with E-state index in [4.69, 9.17) is 0 Å². The molecule has 2 rings (SSSR count). The molecule has 1 fully saturated rings. The smallest absolute Gasteiger partial charge is 0.118 e. The van der Waals surface area contributed by atoms with E-state index in [1.807, 2.05) is 19.1 Å². The van der Waals surface area contributed by atoms with Crippen LogP contribution in [0.25, 0.3) is 0 Å². The molecule has 0 aliphatic carbocycles. The summed E-state index contributed by atoms with van der Waals surface area (Å²) in [5.41, 5.74) is 2.03. The predicted molar refractivity (Wildman–Crippen MR) is 71.6 cm³/mol. The molecule has 1 atom stereocenters. The van der Waals surface area contributed by atoms with Gasteiger partial charge in [0.05, 0.1) is 0 Å². The van der Waals surface area contributed by atoms with Crippen molar-refractivity contribution in [3.8, 4) is 5.75 Å². The first-order valence-electron chi connectivity index (χ1n) is 6.37. The minimum Gasteiger partial charge on any atom is -0.508 e. The van der Waals surface area contributed by atoms with Crippen molar-refractivity contribution in [2.24, 2.45) is 5.92 Å². The Balaban J connectivity index is 1.86. The number of hydrogen-bond donors (Lipinski definition) is 2. The maximum absolute atomic E-state index is 9.46. The number of nitrogens with zero attached hydrogens (tertiary/aromatic N) is 1. The van der Waals surface area contributed by atoms with Crippen molar-refractivity contribution >= 4 is 5.69 Å². The number of piperidine rings is 1. The summed E-state index contributed by atoms with van der Waals surface area (Å²) < 4.78 is 0. The van der Waals surface area contributed by atoms with Gasteiger partial charge in [-0.2, -0.15) is 0 Å². The average molecular weight is 234 g/mol. The Labute approximate surface area is 103 Å². The summed E-state index contributed by atoms with van der Waals surface area (Å²) >= 11 is 0. The van der Waals surface area contributed by atoms with Crippen molar-refractivity contribution in [1.82, 2.24) is 4.90 Å². The highest BCUT2D eigenvalue weighted by Crippen LogP contribution is 2.21. The summed E-state index contributed by atoms with van der Waals surface area (Å²) in [4.78, 5) is 2.40. The topological polar surface area (TPSA) is 35.5 Å². The van der Waals surface area contributed by atoms with E-state index in [0.29, 0.717) is 5.75 Å². The Hall–Kier alpha value is -1.22. The first-order valence-corrected chi connectivity index (χ1v) is 6.37. The van der Waals surface area contributed by atoms with Gasteiger partial charge in [0.15, 0.2) is 0 Å². The van der Waals surface area contributed by atoms with E-state index in [9.17, 15) is 5.11 Å². The van der Waals surface area contributed by atoms with Gasteiger partial charge in [-0.05, 0) is 63.0 Å². The Morgan fingerprint density at radius 2 is 2.29 bits per heavy atom. The zero-order chi connectivity index (χ0) is 12.3. The van der Waals surface area contributed by atoms with Crippen LogP contribution < -0.4 is 5.32 Å². The fraction of sp³-hybridized carbons (Fsp3) is 0.571. The minimum absolute atomic E-state index is 0.368. The molecule has 3 nitrogen and oxygen atoms in total. The van der Waals surface area contributed by atoms with Gasteiger partial charge in [0, 0.05) is 18.8 Å². The van der Waals surface area contributed by atoms with Crippen LogP contribution in [0.4, 0.5) is 5.69 Å². The molecule has 0 bridgehead atoms. The van der Waals surface area contributed by atoms with Gasteiger partial charge in [-0.1, -0.05) is 0 Å². The monoisotopic (exact) mass is 234 g/mol. The van der Waals surface area contributed by atoms with Crippen LogP contribution in [-0.4, -0.2) is 36.7 Å². The molecule has 17 heavy (non-hydrogen) atoms. The van der Waals surface area contributed by atoms with Gasteiger partial charge in [0.2, 0.25) is 0 Å². The van der Waals surface area contributed by atoms with Crippen molar-refractivity contribution in [3.05, 3.63) is 23.8 Å². The Morgan fingerprint density at radius 3 is 3.00 bits per heavy atom. The zero-order valence-corrected chi connectivity index (χ0v) is 10.7. The number of hydrogen-bond acceptors (Lipinski definition) is 3. The molecule has 3 heteroatoms. The molecule has 0 aromatic heterocycles. The fourth-order valence-corrected chi connectivity index (χ4v) is 2.47. The molecule has 94 valence electrons. The first kappa shape index (κ1) is 12.2. The first-order chi connectivity index (χ1) is 8.15. The van der Waals surface area contributed by atoms with Crippen LogP contribution in [0.2, 0.25) is 0 Å². The normalized spacial score (nSPS) is 21.4. The third-order valence-electron chi connectivity index (χ3n) is 3.51. The molecule has 0 saturated carbocycles. The van der Waals surface area contributed by atoms with E-state index in [-0.39, 0.29) is 0 Å². The number of phenols is 1. The minimum atomic E-state index is 0.368. The Morgan fingerprint density at radius 1 is 1.47 bits per heavy atom. The molecular weight excluding hydrogens is 212 g/mol. The molecule has 1 aromatic rings. The van der Waals surface area contributed by atoms with E-state index in [0.717, 1.165) is 23.7 Å². The summed E-state index contributed by atoms with van der Waals surface area (Å²) in [7, 11) is 2.19. The lowest BCUT2D eigenvalue weighted by atomic mass is 9.98. The summed E-state index contributed by atoms with van der Waals surface area (Å²) in [6, 6.07) is 5.70. The van der Waals surface area contributed by atoms with Gasteiger partial charge >= 0.3 is 0 Å². The van der Waals surface area contributed by atoms with Crippen LogP contribution in [0.15, 0.2) is 18.2 Å². The number of benzene rings is 1. The molecule has 0 spiro atoms. The maximum atomic E-state index is 9.46. The summed E-state index contributed by atoms with van der Waals surface area (Å²) in [5, 5.41) is 12.9. The highest BCUT2D eigenvalue weighted by Gasteiger charge is 2.16. The fourth-order valence-electron chi connectivity index (χ4n) is 2.47. The lowest BCUT2D eigenvalue weighted by Gasteiger charge is -2.30. The van der Waals surface area contributed by atoms with E-state index >= 15 is 0 Å². The molecule has 2 N–H and O–H groups in total. The highest BCUT2D eigenvalue weighted by molar-refractivity contribution is 5.50. The van der Waals surface area contributed by atoms with Gasteiger partial charge in [-0.15, -0.1) is 0 Å². The molecule has 0 radical (unpaired) electrons. The molecular formula is C14H22N2O. The third-order valence-corrected chi connectivity index (χ3v) is 3.51. The highest BCUT2D eigenvalue weighted by atomic mass is 16.3. The largest absolute Gasteiger partial charge is 0.508 e. The number of nitrogens with one attached hydrogen (secondary N) is 1. The van der Waals surface area contributed by atoms with Crippen LogP contribution in [0.5, 0.6) is 5.75 Å². The molecule has 1 saturated heterocycles. The molecule has 1 unspecified atom stereocenters. The molecule has 1 aromatic carbocycles. The van der Waals surface area contributed by atoms with E-state index in [1.165, 1.54) is 25.9 Å². The van der Waals surface area contributed by atoms with E-state index in [2.05, 4.69) is 17.3 Å². The van der Waals surface area contributed by atoms with Crippen molar-refractivity contribution in [2.45, 2.75) is 19.8 Å². The second kappa shape index (κ2) is 5.41. The quantitative estimate of drug-likeness (QED) is 0.789. The van der Waals surface area contributed by atoms with Crippen LogP contribution >= 0.6 is 0 Å². The van der Waals surface area contributed by atoms with Crippen molar-refractivity contribution in [3.63, 3.8) is 0 Å². The SMILES string of the molecule is Cc1cc(NCC2CCCN(C)C2)ccc1O. The Bertz CT molecular complexity index is 378. The number of aromatic hydroxyl groups is 1. The summed E-state index contributed by atoms with van der Waals surface area (Å²) in [5.74, 6) is 1.11. The number of rotatable bonds is 3. The third kappa shape index (κ3) is 3.37.